The molecule has 1 aromatic carbocycles. The van der Waals surface area contributed by atoms with E-state index in [1.165, 1.54) is 12.1 Å². The zero-order valence-electron chi connectivity index (χ0n) is 23.3. The van der Waals surface area contributed by atoms with Crippen molar-refractivity contribution in [2.45, 2.75) is 98.5 Å². The summed E-state index contributed by atoms with van der Waals surface area (Å²) in [7, 11) is 0. The van der Waals surface area contributed by atoms with Crippen LogP contribution in [0.5, 0.6) is 11.5 Å². The number of esters is 2. The van der Waals surface area contributed by atoms with E-state index < -0.39 is 30.4 Å². The first-order chi connectivity index (χ1) is 17.8. The van der Waals surface area contributed by atoms with Crippen LogP contribution in [0.1, 0.15) is 73.3 Å². The predicted octanol–water partition coefficient (Wildman–Crippen LogP) is 4.71. The number of benzene rings is 1. The summed E-state index contributed by atoms with van der Waals surface area (Å²) < 4.78 is 31.1. The molecular formula is C27H41NO10. The Kier molecular flexibility index (Phi) is 14.2. The van der Waals surface area contributed by atoms with Gasteiger partial charge >= 0.3 is 24.2 Å². The van der Waals surface area contributed by atoms with Crippen LogP contribution in [0.25, 0.3) is 0 Å². The van der Waals surface area contributed by atoms with E-state index in [-0.39, 0.29) is 55.0 Å². The van der Waals surface area contributed by atoms with Crippen molar-refractivity contribution in [2.75, 3.05) is 6.61 Å². The van der Waals surface area contributed by atoms with Crippen molar-refractivity contribution in [2.24, 2.45) is 11.7 Å². The van der Waals surface area contributed by atoms with Gasteiger partial charge in [-0.2, -0.15) is 0 Å². The fourth-order valence-electron chi connectivity index (χ4n) is 2.85. The SMILES string of the molecule is CCC(C)OC(=O)Oc1ccc(C[C@H](N)C(=O)OC[C@H](C)OC(=O)CC(C)C)cc1OC(=O)OC(C)CC. The van der Waals surface area contributed by atoms with E-state index in [0.717, 1.165) is 0 Å². The average Bonchev–Trinajstić information content (AvgIpc) is 2.83. The third-order valence-corrected chi connectivity index (χ3v) is 5.27. The lowest BCUT2D eigenvalue weighted by atomic mass is 10.1. The largest absolute Gasteiger partial charge is 0.514 e. The second-order valence-corrected chi connectivity index (χ2v) is 9.50. The molecule has 0 aliphatic carbocycles. The topological polar surface area (TPSA) is 150 Å². The number of nitrogens with two attached hydrogens (primary N) is 1. The van der Waals surface area contributed by atoms with E-state index in [0.29, 0.717) is 18.4 Å². The summed E-state index contributed by atoms with van der Waals surface area (Å²) in [6.07, 6.45) is -1.88. The van der Waals surface area contributed by atoms with Crippen LogP contribution in [0, 0.1) is 5.92 Å². The molecule has 0 aliphatic rings. The maximum Gasteiger partial charge on any atom is 0.514 e. The second kappa shape index (κ2) is 16.5. The van der Waals surface area contributed by atoms with Gasteiger partial charge in [0, 0.05) is 6.42 Å². The Morgan fingerprint density at radius 3 is 1.87 bits per heavy atom. The van der Waals surface area contributed by atoms with Gasteiger partial charge in [-0.15, -0.1) is 0 Å². The summed E-state index contributed by atoms with van der Waals surface area (Å²) in [5, 5.41) is 0. The van der Waals surface area contributed by atoms with E-state index in [1.54, 1.807) is 26.8 Å². The monoisotopic (exact) mass is 539 g/mol. The Hall–Kier alpha value is -3.34. The molecule has 0 spiro atoms. The number of rotatable bonds is 14. The van der Waals surface area contributed by atoms with E-state index in [2.05, 4.69) is 0 Å². The van der Waals surface area contributed by atoms with Crippen molar-refractivity contribution in [1.29, 1.82) is 0 Å². The minimum absolute atomic E-state index is 0.0225. The highest BCUT2D eigenvalue weighted by molar-refractivity contribution is 5.76. The average molecular weight is 540 g/mol. The minimum atomic E-state index is -1.06. The normalized spacial score (nSPS) is 14.0. The Morgan fingerprint density at radius 1 is 0.789 bits per heavy atom. The van der Waals surface area contributed by atoms with Crippen molar-refractivity contribution in [1.82, 2.24) is 0 Å². The van der Waals surface area contributed by atoms with Gasteiger partial charge < -0.3 is 34.2 Å². The molecule has 4 atom stereocenters. The summed E-state index contributed by atoms with van der Waals surface area (Å²) in [6.45, 7) is 12.4. The molecule has 0 aliphatic heterocycles. The maximum absolute atomic E-state index is 12.4. The quantitative estimate of drug-likeness (QED) is 0.199. The zero-order chi connectivity index (χ0) is 28.8. The van der Waals surface area contributed by atoms with Crippen molar-refractivity contribution < 1.29 is 47.6 Å². The first-order valence-corrected chi connectivity index (χ1v) is 12.9. The third-order valence-electron chi connectivity index (χ3n) is 5.27. The van der Waals surface area contributed by atoms with Crippen LogP contribution >= 0.6 is 0 Å². The highest BCUT2D eigenvalue weighted by Crippen LogP contribution is 2.30. The van der Waals surface area contributed by atoms with Crippen molar-refractivity contribution in [3.63, 3.8) is 0 Å². The number of carbonyl (C=O) groups excluding carboxylic acids is 4. The van der Waals surface area contributed by atoms with Crippen LogP contribution in [0.3, 0.4) is 0 Å². The molecular weight excluding hydrogens is 498 g/mol. The van der Waals surface area contributed by atoms with Gasteiger partial charge in [0.15, 0.2) is 11.5 Å². The van der Waals surface area contributed by atoms with Crippen LogP contribution in [-0.4, -0.2) is 55.2 Å². The van der Waals surface area contributed by atoms with Gasteiger partial charge in [0.2, 0.25) is 0 Å². The number of carbonyl (C=O) groups is 4. The van der Waals surface area contributed by atoms with Gasteiger partial charge in [0.1, 0.15) is 31.0 Å². The van der Waals surface area contributed by atoms with Crippen LogP contribution < -0.4 is 15.2 Å². The molecule has 11 nitrogen and oxygen atoms in total. The summed E-state index contributed by atoms with van der Waals surface area (Å²) in [6, 6.07) is 3.30. The Labute approximate surface area is 224 Å². The molecule has 0 fully saturated rings. The first kappa shape index (κ1) is 32.7. The molecule has 214 valence electrons. The van der Waals surface area contributed by atoms with Gasteiger partial charge in [-0.1, -0.05) is 33.8 Å². The molecule has 0 amide bonds. The van der Waals surface area contributed by atoms with Crippen LogP contribution in [0.15, 0.2) is 18.2 Å². The fourth-order valence-corrected chi connectivity index (χ4v) is 2.85. The highest BCUT2D eigenvalue weighted by atomic mass is 16.7. The Bertz CT molecular complexity index is 932. The van der Waals surface area contributed by atoms with Gasteiger partial charge in [0.05, 0.1) is 0 Å². The van der Waals surface area contributed by atoms with Gasteiger partial charge in [-0.05, 0) is 63.6 Å². The summed E-state index contributed by atoms with van der Waals surface area (Å²) in [5.41, 5.74) is 6.51. The number of ether oxygens (including phenoxy) is 6. The van der Waals surface area contributed by atoms with E-state index in [1.807, 2.05) is 27.7 Å². The molecule has 0 heterocycles. The van der Waals surface area contributed by atoms with Gasteiger partial charge in [0.25, 0.3) is 0 Å². The standard InChI is InChI=1S/C27H41NO10/c1-8-17(5)35-26(31)37-22-11-10-20(14-23(22)38-27(32)36-18(6)9-2)13-21(28)25(30)33-15-19(7)34-24(29)12-16(3)4/h10-11,14,16-19,21H,8-9,12-13,15,28H2,1-7H3/t17?,18?,19-,21-/m0/s1. The lowest BCUT2D eigenvalue weighted by Gasteiger charge is -2.17. The van der Waals surface area contributed by atoms with Crippen molar-refractivity contribution in [3.8, 4) is 11.5 Å². The minimum Gasteiger partial charge on any atom is -0.461 e. The van der Waals surface area contributed by atoms with Crippen molar-refractivity contribution >= 4 is 24.2 Å². The van der Waals surface area contributed by atoms with Gasteiger partial charge in [-0.25, -0.2) is 9.59 Å². The molecule has 0 bridgehead atoms. The number of hydrogen-bond donors (Lipinski definition) is 1. The van der Waals surface area contributed by atoms with Gasteiger partial charge in [-0.3, -0.25) is 9.59 Å². The van der Waals surface area contributed by atoms with E-state index in [4.69, 9.17) is 34.2 Å². The fraction of sp³-hybridized carbons (Fsp3) is 0.630. The molecule has 2 N–H and O–H groups in total. The summed E-state index contributed by atoms with van der Waals surface area (Å²) in [4.78, 5) is 48.5. The molecule has 0 saturated heterocycles. The predicted molar refractivity (Wildman–Crippen MR) is 138 cm³/mol. The molecule has 0 saturated carbocycles. The van der Waals surface area contributed by atoms with E-state index in [9.17, 15) is 19.2 Å². The smallest absolute Gasteiger partial charge is 0.461 e. The van der Waals surface area contributed by atoms with Crippen molar-refractivity contribution in [3.05, 3.63) is 23.8 Å². The molecule has 0 aromatic heterocycles. The highest BCUT2D eigenvalue weighted by Gasteiger charge is 2.22. The Morgan fingerprint density at radius 2 is 1.34 bits per heavy atom. The molecule has 0 radical (unpaired) electrons. The van der Waals surface area contributed by atoms with E-state index >= 15 is 0 Å². The summed E-state index contributed by atoms with van der Waals surface area (Å²) >= 11 is 0. The van der Waals surface area contributed by atoms with Crippen LogP contribution in [-0.2, 0) is 35.0 Å². The molecule has 1 aromatic rings. The number of hydrogen-bond acceptors (Lipinski definition) is 11. The lowest BCUT2D eigenvalue weighted by Crippen LogP contribution is -2.36. The molecule has 1 rings (SSSR count). The second-order valence-electron chi connectivity index (χ2n) is 9.50. The van der Waals surface area contributed by atoms with Crippen LogP contribution in [0.2, 0.25) is 0 Å². The third kappa shape index (κ3) is 12.8. The summed E-state index contributed by atoms with van der Waals surface area (Å²) in [5.74, 6) is -1.10. The van der Waals surface area contributed by atoms with Crippen LogP contribution in [0.4, 0.5) is 9.59 Å². The Balaban J connectivity index is 2.88. The zero-order valence-corrected chi connectivity index (χ0v) is 23.3. The lowest BCUT2D eigenvalue weighted by molar-refractivity contribution is -0.159. The molecule has 2 unspecified atom stereocenters. The maximum atomic E-state index is 12.4. The molecule has 38 heavy (non-hydrogen) atoms. The molecule has 11 heteroatoms. The first-order valence-electron chi connectivity index (χ1n) is 12.9.